The molecule has 2 amide bonds. The van der Waals surface area contributed by atoms with Crippen LogP contribution >= 0.6 is 11.8 Å². The summed E-state index contributed by atoms with van der Waals surface area (Å²) >= 11 is 1.69. The summed E-state index contributed by atoms with van der Waals surface area (Å²) in [6.07, 6.45) is 2.67. The van der Waals surface area contributed by atoms with Crippen LogP contribution in [0.25, 0.3) is 0 Å². The lowest BCUT2D eigenvalue weighted by atomic mass is 10.1. The fraction of sp³-hybridized carbons (Fsp3) is 0.600. The Hall–Kier alpha value is -1.53. The lowest BCUT2D eigenvalue weighted by Gasteiger charge is -2.38. The van der Waals surface area contributed by atoms with Crippen molar-refractivity contribution in [3.63, 3.8) is 0 Å². The van der Waals surface area contributed by atoms with E-state index in [0.29, 0.717) is 18.0 Å². The molecule has 0 aromatic heterocycles. The molecule has 144 valence electrons. The highest BCUT2D eigenvalue weighted by Crippen LogP contribution is 2.11. The van der Waals surface area contributed by atoms with Crippen LogP contribution in [0.1, 0.15) is 36.2 Å². The molecule has 1 aromatic rings. The van der Waals surface area contributed by atoms with Crippen LogP contribution in [-0.2, 0) is 4.79 Å². The first kappa shape index (κ1) is 20.8. The second-order valence-electron chi connectivity index (χ2n) is 7.13. The number of nitrogens with zero attached hydrogens (tertiary/aromatic N) is 2. The Kier molecular flexibility index (Phi) is 7.97. The van der Waals surface area contributed by atoms with Gasteiger partial charge in [-0.25, -0.2) is 0 Å². The molecule has 1 aliphatic heterocycles. The van der Waals surface area contributed by atoms with Crippen LogP contribution < -0.4 is 5.32 Å². The predicted octanol–water partition coefficient (Wildman–Crippen LogP) is 2.40. The van der Waals surface area contributed by atoms with Crippen molar-refractivity contribution in [3.8, 4) is 0 Å². The van der Waals surface area contributed by atoms with Crippen LogP contribution in [0.15, 0.2) is 24.3 Å². The largest absolute Gasteiger partial charge is 0.340 e. The molecule has 1 aromatic carbocycles. The monoisotopic (exact) mass is 377 g/mol. The standard InChI is InChI=1S/C20H31N3O2S/c1-15(2)22-9-11-23(12-10-22)20(25)18(8-13-26-4)21-19(24)17-7-5-6-16(3)14-17/h5-7,14-15,18H,8-13H2,1-4H3,(H,21,24). The molecular weight excluding hydrogens is 346 g/mol. The smallest absolute Gasteiger partial charge is 0.251 e. The maximum Gasteiger partial charge on any atom is 0.251 e. The normalized spacial score (nSPS) is 16.6. The highest BCUT2D eigenvalue weighted by atomic mass is 32.2. The molecule has 0 radical (unpaired) electrons. The Morgan fingerprint density at radius 1 is 1.19 bits per heavy atom. The van der Waals surface area contributed by atoms with Gasteiger partial charge in [0.25, 0.3) is 5.91 Å². The van der Waals surface area contributed by atoms with Gasteiger partial charge in [-0.2, -0.15) is 11.8 Å². The number of rotatable bonds is 7. The van der Waals surface area contributed by atoms with Crippen LogP contribution in [-0.4, -0.2) is 71.9 Å². The molecule has 1 heterocycles. The minimum Gasteiger partial charge on any atom is -0.340 e. The molecule has 0 aliphatic carbocycles. The lowest BCUT2D eigenvalue weighted by Crippen LogP contribution is -2.56. The summed E-state index contributed by atoms with van der Waals surface area (Å²) in [6, 6.07) is 7.52. The van der Waals surface area contributed by atoms with Crippen molar-refractivity contribution in [1.82, 2.24) is 15.1 Å². The summed E-state index contributed by atoms with van der Waals surface area (Å²) in [5, 5.41) is 2.97. The fourth-order valence-electron chi connectivity index (χ4n) is 3.20. The van der Waals surface area contributed by atoms with Crippen molar-refractivity contribution < 1.29 is 9.59 Å². The SMILES string of the molecule is CSCCC(NC(=O)c1cccc(C)c1)C(=O)N1CCN(C(C)C)CC1. The Bertz CT molecular complexity index is 613. The summed E-state index contributed by atoms with van der Waals surface area (Å²) in [5.41, 5.74) is 1.64. The molecule has 1 fully saturated rings. The van der Waals surface area contributed by atoms with E-state index in [9.17, 15) is 9.59 Å². The van der Waals surface area contributed by atoms with Gasteiger partial charge in [-0.3, -0.25) is 14.5 Å². The number of amides is 2. The maximum atomic E-state index is 13.0. The third kappa shape index (κ3) is 5.74. The summed E-state index contributed by atoms with van der Waals surface area (Å²) < 4.78 is 0. The predicted molar refractivity (Wildman–Crippen MR) is 109 cm³/mol. The highest BCUT2D eigenvalue weighted by Gasteiger charge is 2.29. The van der Waals surface area contributed by atoms with Crippen molar-refractivity contribution in [2.24, 2.45) is 0 Å². The maximum absolute atomic E-state index is 13.0. The van der Waals surface area contributed by atoms with Crippen molar-refractivity contribution in [3.05, 3.63) is 35.4 Å². The van der Waals surface area contributed by atoms with E-state index in [0.717, 1.165) is 37.5 Å². The number of thioether (sulfide) groups is 1. The minimum atomic E-state index is -0.457. The molecule has 6 heteroatoms. The van der Waals surface area contributed by atoms with Gasteiger partial charge in [0.1, 0.15) is 6.04 Å². The number of carbonyl (C=O) groups is 2. The molecule has 5 nitrogen and oxygen atoms in total. The summed E-state index contributed by atoms with van der Waals surface area (Å²) in [4.78, 5) is 29.9. The molecule has 26 heavy (non-hydrogen) atoms. The van der Waals surface area contributed by atoms with Gasteiger partial charge in [-0.1, -0.05) is 17.7 Å². The lowest BCUT2D eigenvalue weighted by molar-refractivity contribution is -0.135. The topological polar surface area (TPSA) is 52.7 Å². The van der Waals surface area contributed by atoms with Crippen LogP contribution in [0.4, 0.5) is 0 Å². The van der Waals surface area contributed by atoms with Gasteiger partial charge < -0.3 is 10.2 Å². The van der Waals surface area contributed by atoms with Gasteiger partial charge in [0.15, 0.2) is 0 Å². The zero-order chi connectivity index (χ0) is 19.1. The number of benzene rings is 1. The molecule has 1 unspecified atom stereocenters. The molecule has 1 saturated heterocycles. The number of aryl methyl sites for hydroxylation is 1. The molecule has 1 atom stereocenters. The molecule has 0 saturated carbocycles. The van der Waals surface area contributed by atoms with E-state index < -0.39 is 6.04 Å². The molecule has 2 rings (SSSR count). The zero-order valence-electron chi connectivity index (χ0n) is 16.3. The molecule has 1 aliphatic rings. The first-order valence-electron chi connectivity index (χ1n) is 9.31. The second kappa shape index (κ2) is 9.97. The van der Waals surface area contributed by atoms with E-state index in [1.807, 2.05) is 36.3 Å². The van der Waals surface area contributed by atoms with Crippen molar-refractivity contribution in [2.75, 3.05) is 38.2 Å². The third-order valence-electron chi connectivity index (χ3n) is 4.85. The van der Waals surface area contributed by atoms with E-state index in [1.165, 1.54) is 0 Å². The van der Waals surface area contributed by atoms with E-state index in [-0.39, 0.29) is 11.8 Å². The highest BCUT2D eigenvalue weighted by molar-refractivity contribution is 7.98. The van der Waals surface area contributed by atoms with Crippen molar-refractivity contribution in [1.29, 1.82) is 0 Å². The van der Waals surface area contributed by atoms with E-state index in [4.69, 9.17) is 0 Å². The van der Waals surface area contributed by atoms with Gasteiger partial charge in [0.05, 0.1) is 0 Å². The number of piperazine rings is 1. The Balaban J connectivity index is 2.02. The quantitative estimate of drug-likeness (QED) is 0.793. The summed E-state index contributed by atoms with van der Waals surface area (Å²) in [7, 11) is 0. The van der Waals surface area contributed by atoms with Crippen LogP contribution in [0.5, 0.6) is 0 Å². The first-order valence-corrected chi connectivity index (χ1v) is 10.7. The summed E-state index contributed by atoms with van der Waals surface area (Å²) in [6.45, 7) is 9.57. The van der Waals surface area contributed by atoms with Crippen molar-refractivity contribution in [2.45, 2.75) is 39.3 Å². The second-order valence-corrected chi connectivity index (χ2v) is 8.12. The average molecular weight is 378 g/mol. The zero-order valence-corrected chi connectivity index (χ0v) is 17.1. The Morgan fingerprint density at radius 3 is 2.46 bits per heavy atom. The molecule has 0 spiro atoms. The summed E-state index contributed by atoms with van der Waals surface area (Å²) in [5.74, 6) is 0.716. The average Bonchev–Trinajstić information content (AvgIpc) is 2.64. The van der Waals surface area contributed by atoms with Crippen LogP contribution in [0.3, 0.4) is 0 Å². The van der Waals surface area contributed by atoms with Gasteiger partial charge in [-0.15, -0.1) is 0 Å². The van der Waals surface area contributed by atoms with E-state index in [1.54, 1.807) is 17.8 Å². The minimum absolute atomic E-state index is 0.0449. The molecule has 1 N–H and O–H groups in total. The van der Waals surface area contributed by atoms with Gasteiger partial charge in [0, 0.05) is 37.8 Å². The fourth-order valence-corrected chi connectivity index (χ4v) is 3.67. The Morgan fingerprint density at radius 2 is 1.88 bits per heavy atom. The van der Waals surface area contributed by atoms with Crippen LogP contribution in [0, 0.1) is 6.92 Å². The van der Waals surface area contributed by atoms with Gasteiger partial charge >= 0.3 is 0 Å². The Labute approximate surface area is 161 Å². The number of nitrogens with one attached hydrogen (secondary N) is 1. The first-order chi connectivity index (χ1) is 12.4. The van der Waals surface area contributed by atoms with Crippen molar-refractivity contribution >= 4 is 23.6 Å². The van der Waals surface area contributed by atoms with E-state index >= 15 is 0 Å². The number of hydrogen-bond donors (Lipinski definition) is 1. The van der Waals surface area contributed by atoms with Gasteiger partial charge in [0.2, 0.25) is 5.91 Å². The van der Waals surface area contributed by atoms with Crippen LogP contribution in [0.2, 0.25) is 0 Å². The van der Waals surface area contributed by atoms with Gasteiger partial charge in [-0.05, 0) is 51.3 Å². The third-order valence-corrected chi connectivity index (χ3v) is 5.49. The molecule has 0 bridgehead atoms. The molecular formula is C20H31N3O2S. The number of hydrogen-bond acceptors (Lipinski definition) is 4. The van der Waals surface area contributed by atoms with E-state index in [2.05, 4.69) is 24.1 Å². The number of carbonyl (C=O) groups excluding carboxylic acids is 2.